The normalized spacial score (nSPS) is 10.5. The molecule has 0 radical (unpaired) electrons. The van der Waals surface area contributed by atoms with Gasteiger partial charge < -0.3 is 11.1 Å². The number of carbonyl (C=O) groups excluding carboxylic acids is 1. The molecule has 1 aromatic carbocycles. The van der Waals surface area contributed by atoms with Gasteiger partial charge in [0.1, 0.15) is 17.3 Å². The van der Waals surface area contributed by atoms with Gasteiger partial charge in [-0.1, -0.05) is 0 Å². The fourth-order valence-electron chi connectivity index (χ4n) is 1.52. The first-order valence-corrected chi connectivity index (χ1v) is 5.59. The van der Waals surface area contributed by atoms with Gasteiger partial charge in [0.05, 0.1) is 11.9 Å². The second kappa shape index (κ2) is 5.05. The number of amides is 1. The van der Waals surface area contributed by atoms with E-state index in [1.165, 1.54) is 6.20 Å². The molecule has 0 aliphatic carbocycles. The maximum absolute atomic E-state index is 13.2. The lowest BCUT2D eigenvalue weighted by Crippen LogP contribution is -2.13. The molecule has 5 nitrogen and oxygen atoms in total. The van der Waals surface area contributed by atoms with Crippen molar-refractivity contribution in [1.82, 2.24) is 9.78 Å². The Morgan fingerprint density at radius 2 is 2.05 bits per heavy atom. The van der Waals surface area contributed by atoms with Gasteiger partial charge in [-0.2, -0.15) is 5.10 Å². The molecule has 0 aliphatic heterocycles. The molecule has 1 aromatic heterocycles. The minimum absolute atomic E-state index is 0.145. The van der Waals surface area contributed by atoms with E-state index in [0.717, 1.165) is 12.1 Å². The van der Waals surface area contributed by atoms with Crippen molar-refractivity contribution in [3.05, 3.63) is 41.7 Å². The van der Waals surface area contributed by atoms with Gasteiger partial charge in [0.15, 0.2) is 0 Å². The van der Waals surface area contributed by atoms with Gasteiger partial charge in [-0.15, -0.1) is 0 Å². The van der Waals surface area contributed by atoms with Gasteiger partial charge in [-0.05, 0) is 19.1 Å². The first kappa shape index (κ1) is 13.0. The molecule has 2 rings (SSSR count). The van der Waals surface area contributed by atoms with Crippen LogP contribution >= 0.6 is 0 Å². The number of hydrogen-bond acceptors (Lipinski definition) is 3. The third-order valence-electron chi connectivity index (χ3n) is 2.56. The number of anilines is 2. The number of rotatable bonds is 3. The van der Waals surface area contributed by atoms with Crippen LogP contribution in [0, 0.1) is 11.6 Å². The molecule has 1 amide bonds. The molecule has 0 fully saturated rings. The standard InChI is InChI=1S/C12H12F2N4O/c1-2-18-6-8(5-16-18)17-12(19)7-3-9(13)11(15)10(14)4-7/h3-6H,2,15H2,1H3,(H,17,19). The first-order valence-electron chi connectivity index (χ1n) is 5.59. The second-order valence-corrected chi connectivity index (χ2v) is 3.89. The molecule has 2 aromatic rings. The van der Waals surface area contributed by atoms with E-state index in [2.05, 4.69) is 10.4 Å². The van der Waals surface area contributed by atoms with E-state index >= 15 is 0 Å². The maximum Gasteiger partial charge on any atom is 0.255 e. The number of nitrogens with one attached hydrogen (secondary N) is 1. The summed E-state index contributed by atoms with van der Waals surface area (Å²) in [7, 11) is 0. The van der Waals surface area contributed by atoms with Crippen LogP contribution in [0.4, 0.5) is 20.2 Å². The summed E-state index contributed by atoms with van der Waals surface area (Å²) in [5, 5.41) is 6.45. The number of benzene rings is 1. The Hall–Kier alpha value is -2.44. The number of hydrogen-bond donors (Lipinski definition) is 2. The lowest BCUT2D eigenvalue weighted by atomic mass is 10.1. The maximum atomic E-state index is 13.2. The van der Waals surface area contributed by atoms with Crippen molar-refractivity contribution in [2.75, 3.05) is 11.1 Å². The number of aryl methyl sites for hydroxylation is 1. The molecular formula is C12H12F2N4O. The largest absolute Gasteiger partial charge is 0.394 e. The predicted molar refractivity (Wildman–Crippen MR) is 66.6 cm³/mol. The quantitative estimate of drug-likeness (QED) is 0.835. The van der Waals surface area contributed by atoms with E-state index in [1.54, 1.807) is 10.9 Å². The molecule has 0 atom stereocenters. The van der Waals surface area contributed by atoms with Crippen LogP contribution in [-0.4, -0.2) is 15.7 Å². The summed E-state index contributed by atoms with van der Waals surface area (Å²) in [6.45, 7) is 2.55. The van der Waals surface area contributed by atoms with E-state index in [1.807, 2.05) is 6.92 Å². The lowest BCUT2D eigenvalue weighted by molar-refractivity contribution is 0.102. The molecule has 100 valence electrons. The van der Waals surface area contributed by atoms with Crippen LogP contribution in [0.15, 0.2) is 24.5 Å². The van der Waals surface area contributed by atoms with Crippen LogP contribution in [0.5, 0.6) is 0 Å². The third-order valence-corrected chi connectivity index (χ3v) is 2.56. The zero-order valence-corrected chi connectivity index (χ0v) is 10.2. The number of carbonyl (C=O) groups is 1. The predicted octanol–water partition coefficient (Wildman–Crippen LogP) is 2.02. The average molecular weight is 266 g/mol. The summed E-state index contributed by atoms with van der Waals surface area (Å²) in [4.78, 5) is 11.8. The number of halogens is 2. The van der Waals surface area contributed by atoms with Gasteiger partial charge in [0.2, 0.25) is 0 Å². The molecule has 1 heterocycles. The molecular weight excluding hydrogens is 254 g/mol. The number of nitrogens with two attached hydrogens (primary N) is 1. The highest BCUT2D eigenvalue weighted by Gasteiger charge is 2.13. The molecule has 7 heteroatoms. The minimum Gasteiger partial charge on any atom is -0.394 e. The van der Waals surface area contributed by atoms with Crippen molar-refractivity contribution in [2.45, 2.75) is 13.5 Å². The van der Waals surface area contributed by atoms with E-state index in [-0.39, 0.29) is 5.56 Å². The Balaban J connectivity index is 2.20. The molecule has 19 heavy (non-hydrogen) atoms. The van der Waals surface area contributed by atoms with Crippen molar-refractivity contribution in [2.24, 2.45) is 0 Å². The summed E-state index contributed by atoms with van der Waals surface area (Å²) in [5.41, 5.74) is 4.83. The highest BCUT2D eigenvalue weighted by Crippen LogP contribution is 2.18. The van der Waals surface area contributed by atoms with Crippen molar-refractivity contribution < 1.29 is 13.6 Å². The Morgan fingerprint density at radius 3 is 2.58 bits per heavy atom. The van der Waals surface area contributed by atoms with Crippen molar-refractivity contribution in [3.8, 4) is 0 Å². The van der Waals surface area contributed by atoms with Crippen LogP contribution < -0.4 is 11.1 Å². The molecule has 0 bridgehead atoms. The number of nitrogen functional groups attached to an aromatic ring is 1. The van der Waals surface area contributed by atoms with Crippen LogP contribution in [0.1, 0.15) is 17.3 Å². The van der Waals surface area contributed by atoms with Crippen molar-refractivity contribution in [3.63, 3.8) is 0 Å². The summed E-state index contributed by atoms with van der Waals surface area (Å²) in [5.74, 6) is -2.56. The zero-order valence-electron chi connectivity index (χ0n) is 10.2. The van der Waals surface area contributed by atoms with Crippen LogP contribution in [0.2, 0.25) is 0 Å². The average Bonchev–Trinajstić information content (AvgIpc) is 2.83. The molecule has 0 saturated carbocycles. The minimum atomic E-state index is -0.964. The van der Waals surface area contributed by atoms with Crippen LogP contribution in [0.3, 0.4) is 0 Å². The molecule has 3 N–H and O–H groups in total. The second-order valence-electron chi connectivity index (χ2n) is 3.89. The SMILES string of the molecule is CCn1cc(NC(=O)c2cc(F)c(N)c(F)c2)cn1. The molecule has 0 spiro atoms. The lowest BCUT2D eigenvalue weighted by Gasteiger charge is -2.05. The number of nitrogens with zero attached hydrogens (tertiary/aromatic N) is 2. The Bertz CT molecular complexity index is 601. The van der Waals surface area contributed by atoms with E-state index in [0.29, 0.717) is 12.2 Å². The first-order chi connectivity index (χ1) is 9.01. The summed E-state index contributed by atoms with van der Waals surface area (Å²) >= 11 is 0. The zero-order chi connectivity index (χ0) is 14.0. The van der Waals surface area contributed by atoms with Crippen LogP contribution in [0.25, 0.3) is 0 Å². The fraction of sp³-hybridized carbons (Fsp3) is 0.167. The van der Waals surface area contributed by atoms with Crippen LogP contribution in [-0.2, 0) is 6.54 Å². The Labute approximate surface area is 108 Å². The molecule has 0 unspecified atom stereocenters. The molecule has 0 saturated heterocycles. The Kier molecular flexibility index (Phi) is 3.46. The van der Waals surface area contributed by atoms with Gasteiger partial charge in [0.25, 0.3) is 5.91 Å². The van der Waals surface area contributed by atoms with E-state index < -0.39 is 23.2 Å². The van der Waals surface area contributed by atoms with Crippen molar-refractivity contribution in [1.29, 1.82) is 0 Å². The smallest absolute Gasteiger partial charge is 0.255 e. The van der Waals surface area contributed by atoms with Gasteiger partial charge >= 0.3 is 0 Å². The van der Waals surface area contributed by atoms with E-state index in [9.17, 15) is 13.6 Å². The van der Waals surface area contributed by atoms with Gasteiger partial charge in [-0.25, -0.2) is 8.78 Å². The summed E-state index contributed by atoms with van der Waals surface area (Å²) in [6, 6.07) is 1.77. The fourth-order valence-corrected chi connectivity index (χ4v) is 1.52. The molecule has 0 aliphatic rings. The van der Waals surface area contributed by atoms with Gasteiger partial charge in [-0.3, -0.25) is 9.48 Å². The van der Waals surface area contributed by atoms with Crippen molar-refractivity contribution >= 4 is 17.3 Å². The number of aromatic nitrogens is 2. The van der Waals surface area contributed by atoms with E-state index in [4.69, 9.17) is 5.73 Å². The topological polar surface area (TPSA) is 72.9 Å². The Morgan fingerprint density at radius 1 is 1.42 bits per heavy atom. The summed E-state index contributed by atoms with van der Waals surface area (Å²) < 4.78 is 28.1. The highest BCUT2D eigenvalue weighted by molar-refractivity contribution is 6.04. The summed E-state index contributed by atoms with van der Waals surface area (Å²) in [6.07, 6.45) is 3.06. The highest BCUT2D eigenvalue weighted by atomic mass is 19.1. The third kappa shape index (κ3) is 2.70. The monoisotopic (exact) mass is 266 g/mol. The van der Waals surface area contributed by atoms with Gasteiger partial charge in [0, 0.05) is 18.3 Å².